The van der Waals surface area contributed by atoms with Crippen molar-refractivity contribution in [2.75, 3.05) is 0 Å². The van der Waals surface area contributed by atoms with Gasteiger partial charge in [0.25, 0.3) is 0 Å². The zero-order valence-electron chi connectivity index (χ0n) is 10.8. The Balaban J connectivity index is 2.06. The summed E-state index contributed by atoms with van der Waals surface area (Å²) in [6, 6.07) is 15.6. The Labute approximate surface area is 127 Å². The van der Waals surface area contributed by atoms with Crippen molar-refractivity contribution in [1.82, 2.24) is 9.97 Å². The summed E-state index contributed by atoms with van der Waals surface area (Å²) in [4.78, 5) is 7.96. The topological polar surface area (TPSA) is 28.7 Å². The van der Waals surface area contributed by atoms with Crippen molar-refractivity contribution in [2.24, 2.45) is 0 Å². The number of H-pyrrole nitrogens is 1. The van der Waals surface area contributed by atoms with Crippen LogP contribution in [0.1, 0.15) is 5.69 Å². The maximum Gasteiger partial charge on any atom is 0.138 e. The molecule has 3 rings (SSSR count). The molecule has 1 aromatic heterocycles. The molecule has 0 aliphatic carbocycles. The van der Waals surface area contributed by atoms with Crippen molar-refractivity contribution in [3.63, 3.8) is 0 Å². The van der Waals surface area contributed by atoms with E-state index in [4.69, 9.17) is 23.2 Å². The molecule has 0 spiro atoms. The standard InChI is InChI=1S/C16H12Cl2N2/c1-10-15(11-5-3-2-4-6-11)20-16(19-10)12-7-8-13(17)14(18)9-12/h2-9H,1H3,(H,19,20). The fourth-order valence-corrected chi connectivity index (χ4v) is 2.42. The fraction of sp³-hybridized carbons (Fsp3) is 0.0625. The Kier molecular flexibility index (Phi) is 3.51. The van der Waals surface area contributed by atoms with Crippen LogP contribution in [-0.4, -0.2) is 9.97 Å². The molecule has 0 amide bonds. The number of aromatic nitrogens is 2. The second-order valence-electron chi connectivity index (χ2n) is 4.55. The van der Waals surface area contributed by atoms with Gasteiger partial charge in [-0.2, -0.15) is 0 Å². The van der Waals surface area contributed by atoms with Gasteiger partial charge in [0.1, 0.15) is 5.82 Å². The van der Waals surface area contributed by atoms with Crippen LogP contribution >= 0.6 is 23.2 Å². The van der Waals surface area contributed by atoms with Crippen molar-refractivity contribution in [3.05, 3.63) is 64.3 Å². The zero-order chi connectivity index (χ0) is 14.1. The van der Waals surface area contributed by atoms with Crippen molar-refractivity contribution in [2.45, 2.75) is 6.92 Å². The summed E-state index contributed by atoms with van der Waals surface area (Å²) >= 11 is 12.0. The molecule has 1 N–H and O–H groups in total. The summed E-state index contributed by atoms with van der Waals surface area (Å²) in [5, 5.41) is 1.07. The van der Waals surface area contributed by atoms with Crippen LogP contribution in [0.2, 0.25) is 10.0 Å². The molecular formula is C16H12Cl2N2. The molecule has 4 heteroatoms. The third-order valence-corrected chi connectivity index (χ3v) is 3.86. The molecule has 3 aromatic rings. The highest BCUT2D eigenvalue weighted by molar-refractivity contribution is 6.42. The second kappa shape index (κ2) is 5.31. The number of hydrogen-bond donors (Lipinski definition) is 1. The zero-order valence-corrected chi connectivity index (χ0v) is 12.3. The van der Waals surface area contributed by atoms with E-state index in [0.29, 0.717) is 10.0 Å². The monoisotopic (exact) mass is 302 g/mol. The number of imidazole rings is 1. The average molecular weight is 303 g/mol. The van der Waals surface area contributed by atoms with Gasteiger partial charge in [-0.05, 0) is 25.1 Å². The van der Waals surface area contributed by atoms with E-state index in [9.17, 15) is 0 Å². The summed E-state index contributed by atoms with van der Waals surface area (Å²) in [7, 11) is 0. The number of nitrogens with one attached hydrogen (secondary N) is 1. The molecule has 2 nitrogen and oxygen atoms in total. The van der Waals surface area contributed by atoms with Gasteiger partial charge < -0.3 is 4.98 Å². The Hall–Kier alpha value is -1.77. The van der Waals surface area contributed by atoms with E-state index in [2.05, 4.69) is 9.97 Å². The summed E-state index contributed by atoms with van der Waals surface area (Å²) in [5.41, 5.74) is 3.99. The molecule has 0 saturated heterocycles. The number of benzene rings is 2. The first-order valence-corrected chi connectivity index (χ1v) is 6.98. The molecule has 0 aliphatic rings. The molecule has 0 fully saturated rings. The lowest BCUT2D eigenvalue weighted by molar-refractivity contribution is 1.26. The van der Waals surface area contributed by atoms with Crippen LogP contribution in [-0.2, 0) is 0 Å². The minimum atomic E-state index is 0.527. The second-order valence-corrected chi connectivity index (χ2v) is 5.37. The van der Waals surface area contributed by atoms with Crippen LogP contribution in [0.3, 0.4) is 0 Å². The lowest BCUT2D eigenvalue weighted by atomic mass is 10.1. The van der Waals surface area contributed by atoms with Gasteiger partial charge in [0.05, 0.1) is 15.7 Å². The van der Waals surface area contributed by atoms with E-state index in [1.807, 2.05) is 49.4 Å². The Morgan fingerprint density at radius 2 is 1.65 bits per heavy atom. The van der Waals surface area contributed by atoms with Gasteiger partial charge in [-0.15, -0.1) is 0 Å². The number of hydrogen-bond acceptors (Lipinski definition) is 1. The molecule has 0 bridgehead atoms. The largest absolute Gasteiger partial charge is 0.342 e. The van der Waals surface area contributed by atoms with Crippen LogP contribution in [0, 0.1) is 6.92 Å². The van der Waals surface area contributed by atoms with Gasteiger partial charge in [-0.1, -0.05) is 53.5 Å². The van der Waals surface area contributed by atoms with E-state index in [1.54, 1.807) is 6.07 Å². The van der Waals surface area contributed by atoms with E-state index < -0.39 is 0 Å². The normalized spacial score (nSPS) is 10.8. The van der Waals surface area contributed by atoms with Gasteiger partial charge in [0, 0.05) is 16.8 Å². The summed E-state index contributed by atoms with van der Waals surface area (Å²) in [6.45, 7) is 2.01. The fourth-order valence-electron chi connectivity index (χ4n) is 2.12. The first-order chi connectivity index (χ1) is 9.65. The Bertz CT molecular complexity index is 748. The molecule has 0 unspecified atom stereocenters. The Morgan fingerprint density at radius 1 is 0.900 bits per heavy atom. The Morgan fingerprint density at radius 3 is 2.35 bits per heavy atom. The highest BCUT2D eigenvalue weighted by atomic mass is 35.5. The van der Waals surface area contributed by atoms with Crippen molar-refractivity contribution in [1.29, 1.82) is 0 Å². The number of rotatable bonds is 2. The smallest absolute Gasteiger partial charge is 0.138 e. The lowest BCUT2D eigenvalue weighted by Gasteiger charge is -1.99. The van der Waals surface area contributed by atoms with E-state index in [1.165, 1.54) is 0 Å². The quantitative estimate of drug-likeness (QED) is 0.678. The first kappa shape index (κ1) is 13.2. The maximum atomic E-state index is 6.05. The summed E-state index contributed by atoms with van der Waals surface area (Å²) < 4.78 is 0. The van der Waals surface area contributed by atoms with Crippen molar-refractivity contribution >= 4 is 23.2 Å². The highest BCUT2D eigenvalue weighted by Crippen LogP contribution is 2.29. The minimum Gasteiger partial charge on any atom is -0.342 e. The number of aromatic amines is 1. The third kappa shape index (κ3) is 2.45. The number of aryl methyl sites for hydroxylation is 1. The lowest BCUT2D eigenvalue weighted by Crippen LogP contribution is -1.81. The molecular weight excluding hydrogens is 291 g/mol. The molecule has 0 aliphatic heterocycles. The third-order valence-electron chi connectivity index (χ3n) is 3.12. The van der Waals surface area contributed by atoms with Crippen LogP contribution in [0.15, 0.2) is 48.5 Å². The van der Waals surface area contributed by atoms with Gasteiger partial charge in [0.15, 0.2) is 0 Å². The molecule has 100 valence electrons. The molecule has 0 radical (unpaired) electrons. The van der Waals surface area contributed by atoms with Gasteiger partial charge >= 0.3 is 0 Å². The number of nitrogens with zero attached hydrogens (tertiary/aromatic N) is 1. The predicted molar refractivity (Wildman–Crippen MR) is 84.2 cm³/mol. The van der Waals surface area contributed by atoms with Gasteiger partial charge in [0.2, 0.25) is 0 Å². The molecule has 20 heavy (non-hydrogen) atoms. The van der Waals surface area contributed by atoms with Crippen LogP contribution in [0.5, 0.6) is 0 Å². The minimum absolute atomic E-state index is 0.527. The van der Waals surface area contributed by atoms with E-state index in [-0.39, 0.29) is 0 Å². The van der Waals surface area contributed by atoms with E-state index in [0.717, 1.165) is 28.3 Å². The summed E-state index contributed by atoms with van der Waals surface area (Å²) in [6.07, 6.45) is 0. The van der Waals surface area contributed by atoms with E-state index >= 15 is 0 Å². The highest BCUT2D eigenvalue weighted by Gasteiger charge is 2.11. The molecule has 1 heterocycles. The molecule has 0 saturated carbocycles. The van der Waals surface area contributed by atoms with Gasteiger partial charge in [-0.25, -0.2) is 4.98 Å². The molecule has 2 aromatic carbocycles. The maximum absolute atomic E-state index is 6.05. The van der Waals surface area contributed by atoms with Crippen molar-refractivity contribution in [3.8, 4) is 22.6 Å². The van der Waals surface area contributed by atoms with Crippen LogP contribution in [0.4, 0.5) is 0 Å². The first-order valence-electron chi connectivity index (χ1n) is 6.22. The molecule has 0 atom stereocenters. The van der Waals surface area contributed by atoms with Crippen molar-refractivity contribution < 1.29 is 0 Å². The van der Waals surface area contributed by atoms with Crippen LogP contribution < -0.4 is 0 Å². The van der Waals surface area contributed by atoms with Gasteiger partial charge in [-0.3, -0.25) is 0 Å². The average Bonchev–Trinajstić information content (AvgIpc) is 2.85. The van der Waals surface area contributed by atoms with Crippen LogP contribution in [0.25, 0.3) is 22.6 Å². The SMILES string of the molecule is Cc1[nH]c(-c2ccc(Cl)c(Cl)c2)nc1-c1ccccc1. The predicted octanol–water partition coefficient (Wildman–Crippen LogP) is 5.36. The summed E-state index contributed by atoms with van der Waals surface area (Å²) in [5.74, 6) is 0.792. The number of halogens is 2.